The molecule has 1 aliphatic carbocycles. The van der Waals surface area contributed by atoms with E-state index in [1.165, 1.54) is 46.7 Å². The van der Waals surface area contributed by atoms with E-state index in [-0.39, 0.29) is 0 Å². The van der Waals surface area contributed by atoms with Gasteiger partial charge in [-0.1, -0.05) is 60.7 Å². The molecular formula is C21H20O. The summed E-state index contributed by atoms with van der Waals surface area (Å²) in [6.45, 7) is 0. The van der Waals surface area contributed by atoms with E-state index < -0.39 is 0 Å². The molecular weight excluding hydrogens is 268 g/mol. The second kappa shape index (κ2) is 5.49. The fraction of sp³-hybridized carbons (Fsp3) is 0.238. The second-order valence-electron chi connectivity index (χ2n) is 6.05. The molecule has 0 fully saturated rings. The van der Waals surface area contributed by atoms with Crippen LogP contribution in [0.25, 0.3) is 10.8 Å². The van der Waals surface area contributed by atoms with Crippen molar-refractivity contribution in [2.75, 3.05) is 7.11 Å². The zero-order valence-corrected chi connectivity index (χ0v) is 12.9. The maximum atomic E-state index is 5.83. The van der Waals surface area contributed by atoms with Gasteiger partial charge in [0.1, 0.15) is 5.75 Å². The summed E-state index contributed by atoms with van der Waals surface area (Å²) in [7, 11) is 1.79. The van der Waals surface area contributed by atoms with Gasteiger partial charge in [0.25, 0.3) is 0 Å². The largest absolute Gasteiger partial charge is 0.496 e. The third kappa shape index (κ3) is 2.09. The highest BCUT2D eigenvalue weighted by Gasteiger charge is 2.24. The first kappa shape index (κ1) is 13.4. The van der Waals surface area contributed by atoms with Crippen molar-refractivity contribution in [2.45, 2.75) is 25.2 Å². The first-order valence-electron chi connectivity index (χ1n) is 8.02. The van der Waals surface area contributed by atoms with Gasteiger partial charge in [-0.25, -0.2) is 0 Å². The molecule has 0 spiro atoms. The smallest absolute Gasteiger partial charge is 0.130 e. The van der Waals surface area contributed by atoms with Crippen LogP contribution >= 0.6 is 0 Å². The van der Waals surface area contributed by atoms with E-state index in [0.717, 1.165) is 5.75 Å². The molecule has 0 radical (unpaired) electrons. The molecule has 0 bridgehead atoms. The third-order valence-electron chi connectivity index (χ3n) is 4.86. The molecule has 0 amide bonds. The highest BCUT2D eigenvalue weighted by Crippen LogP contribution is 2.42. The first-order valence-corrected chi connectivity index (χ1v) is 8.02. The highest BCUT2D eigenvalue weighted by molar-refractivity contribution is 5.90. The standard InChI is InChI=1S/C21H20O/c1-22-21-18-11-5-3-8-16(18)13-14-20(21)19-12-6-9-15-7-2-4-10-17(15)19/h2-5,7-8,10-11,13-14,19H,6,9,12H2,1H3. The number of fused-ring (bicyclic) bond motifs is 2. The first-order chi connectivity index (χ1) is 10.9. The summed E-state index contributed by atoms with van der Waals surface area (Å²) in [6.07, 6.45) is 3.64. The summed E-state index contributed by atoms with van der Waals surface area (Å²) in [4.78, 5) is 0. The van der Waals surface area contributed by atoms with Gasteiger partial charge in [-0.05, 0) is 35.8 Å². The Morgan fingerprint density at radius 2 is 1.68 bits per heavy atom. The monoisotopic (exact) mass is 288 g/mol. The Bertz CT molecular complexity index is 819. The number of hydrogen-bond donors (Lipinski definition) is 0. The van der Waals surface area contributed by atoms with Crippen molar-refractivity contribution >= 4 is 10.8 Å². The summed E-state index contributed by atoms with van der Waals surface area (Å²) in [5.74, 6) is 1.49. The quantitative estimate of drug-likeness (QED) is 0.620. The molecule has 0 saturated carbocycles. The molecule has 22 heavy (non-hydrogen) atoms. The summed E-state index contributed by atoms with van der Waals surface area (Å²) in [6, 6.07) is 21.8. The van der Waals surface area contributed by atoms with Gasteiger partial charge in [0, 0.05) is 16.9 Å². The van der Waals surface area contributed by atoms with E-state index in [2.05, 4.69) is 60.7 Å². The molecule has 1 heteroatoms. The van der Waals surface area contributed by atoms with Crippen LogP contribution in [0.5, 0.6) is 5.75 Å². The minimum atomic E-state index is 0.449. The fourth-order valence-corrected chi connectivity index (χ4v) is 3.84. The lowest BCUT2D eigenvalue weighted by molar-refractivity contribution is 0.410. The minimum absolute atomic E-state index is 0.449. The van der Waals surface area contributed by atoms with Crippen LogP contribution in [0.4, 0.5) is 0 Å². The van der Waals surface area contributed by atoms with E-state index in [1.54, 1.807) is 7.11 Å². The molecule has 3 aromatic rings. The van der Waals surface area contributed by atoms with Gasteiger partial charge >= 0.3 is 0 Å². The van der Waals surface area contributed by atoms with E-state index >= 15 is 0 Å². The van der Waals surface area contributed by atoms with Crippen LogP contribution in [0.2, 0.25) is 0 Å². The van der Waals surface area contributed by atoms with Crippen molar-refractivity contribution in [3.63, 3.8) is 0 Å². The van der Waals surface area contributed by atoms with Crippen LogP contribution in [-0.2, 0) is 6.42 Å². The lowest BCUT2D eigenvalue weighted by Gasteiger charge is -2.27. The summed E-state index contributed by atoms with van der Waals surface area (Å²) in [5.41, 5.74) is 4.30. The van der Waals surface area contributed by atoms with Crippen LogP contribution in [0.1, 0.15) is 35.4 Å². The van der Waals surface area contributed by atoms with E-state index in [9.17, 15) is 0 Å². The van der Waals surface area contributed by atoms with Crippen molar-refractivity contribution in [1.29, 1.82) is 0 Å². The Balaban J connectivity index is 1.92. The van der Waals surface area contributed by atoms with Crippen molar-refractivity contribution in [2.24, 2.45) is 0 Å². The zero-order valence-electron chi connectivity index (χ0n) is 12.9. The van der Waals surface area contributed by atoms with Crippen molar-refractivity contribution in [3.05, 3.63) is 77.4 Å². The Morgan fingerprint density at radius 1 is 0.864 bits per heavy atom. The Hall–Kier alpha value is -2.28. The van der Waals surface area contributed by atoms with E-state index in [4.69, 9.17) is 4.74 Å². The van der Waals surface area contributed by atoms with Gasteiger partial charge in [0.15, 0.2) is 0 Å². The molecule has 1 aliphatic rings. The zero-order chi connectivity index (χ0) is 14.9. The van der Waals surface area contributed by atoms with E-state index in [0.29, 0.717) is 5.92 Å². The average Bonchev–Trinajstić information content (AvgIpc) is 2.60. The van der Waals surface area contributed by atoms with Gasteiger partial charge in [0.2, 0.25) is 0 Å². The van der Waals surface area contributed by atoms with Crippen LogP contribution in [0.15, 0.2) is 60.7 Å². The van der Waals surface area contributed by atoms with Crippen LogP contribution < -0.4 is 4.74 Å². The molecule has 110 valence electrons. The third-order valence-corrected chi connectivity index (χ3v) is 4.86. The molecule has 0 aliphatic heterocycles. The van der Waals surface area contributed by atoms with Gasteiger partial charge in [-0.3, -0.25) is 0 Å². The SMILES string of the molecule is COc1c(C2CCCc3ccccc32)ccc2ccccc12. The van der Waals surface area contributed by atoms with Crippen molar-refractivity contribution < 1.29 is 4.74 Å². The number of rotatable bonds is 2. The predicted octanol–water partition coefficient (Wildman–Crippen LogP) is 5.32. The second-order valence-corrected chi connectivity index (χ2v) is 6.05. The van der Waals surface area contributed by atoms with Crippen LogP contribution in [0.3, 0.4) is 0 Å². The number of hydrogen-bond acceptors (Lipinski definition) is 1. The molecule has 0 aromatic heterocycles. The normalized spacial score (nSPS) is 17.2. The van der Waals surface area contributed by atoms with E-state index in [1.807, 2.05) is 0 Å². The predicted molar refractivity (Wildman–Crippen MR) is 91.7 cm³/mol. The van der Waals surface area contributed by atoms with Gasteiger partial charge in [-0.15, -0.1) is 0 Å². The fourth-order valence-electron chi connectivity index (χ4n) is 3.84. The lowest BCUT2D eigenvalue weighted by Crippen LogP contribution is -2.12. The summed E-state index contributed by atoms with van der Waals surface area (Å²) in [5, 5.41) is 2.46. The van der Waals surface area contributed by atoms with Gasteiger partial charge < -0.3 is 4.74 Å². The van der Waals surface area contributed by atoms with Crippen molar-refractivity contribution in [3.8, 4) is 5.75 Å². The number of methoxy groups -OCH3 is 1. The molecule has 1 atom stereocenters. The molecule has 0 saturated heterocycles. The maximum Gasteiger partial charge on any atom is 0.130 e. The molecule has 1 unspecified atom stereocenters. The Kier molecular flexibility index (Phi) is 3.34. The van der Waals surface area contributed by atoms with Gasteiger partial charge in [0.05, 0.1) is 7.11 Å². The van der Waals surface area contributed by atoms with Crippen LogP contribution in [-0.4, -0.2) is 7.11 Å². The maximum absolute atomic E-state index is 5.83. The van der Waals surface area contributed by atoms with Gasteiger partial charge in [-0.2, -0.15) is 0 Å². The number of ether oxygens (including phenoxy) is 1. The lowest BCUT2D eigenvalue weighted by atomic mass is 9.78. The molecule has 0 N–H and O–H groups in total. The number of benzene rings is 3. The van der Waals surface area contributed by atoms with Crippen LogP contribution in [0, 0.1) is 0 Å². The molecule has 4 rings (SSSR count). The topological polar surface area (TPSA) is 9.23 Å². The van der Waals surface area contributed by atoms with Crippen molar-refractivity contribution in [1.82, 2.24) is 0 Å². The Labute approximate surface area is 131 Å². The average molecular weight is 288 g/mol. The molecule has 3 aromatic carbocycles. The molecule has 0 heterocycles. The Morgan fingerprint density at radius 3 is 2.59 bits per heavy atom. The minimum Gasteiger partial charge on any atom is -0.496 e. The molecule has 1 nitrogen and oxygen atoms in total. The summed E-state index contributed by atoms with van der Waals surface area (Å²) >= 11 is 0. The number of aryl methyl sites for hydroxylation is 1. The summed E-state index contributed by atoms with van der Waals surface area (Å²) < 4.78 is 5.83. The highest BCUT2D eigenvalue weighted by atomic mass is 16.5.